The molecule has 15 heavy (non-hydrogen) atoms. The van der Waals surface area contributed by atoms with Crippen molar-refractivity contribution in [1.82, 2.24) is 19.6 Å². The molecule has 2 aromatic rings. The molecule has 2 atom stereocenters. The van der Waals surface area contributed by atoms with Crippen LogP contribution in [0.1, 0.15) is 31.0 Å². The lowest BCUT2D eigenvalue weighted by molar-refractivity contribution is 0.636. The van der Waals surface area contributed by atoms with Gasteiger partial charge in [-0.2, -0.15) is 0 Å². The van der Waals surface area contributed by atoms with E-state index in [1.165, 1.54) is 0 Å². The van der Waals surface area contributed by atoms with Crippen molar-refractivity contribution in [1.29, 1.82) is 0 Å². The van der Waals surface area contributed by atoms with E-state index in [2.05, 4.69) is 15.2 Å². The summed E-state index contributed by atoms with van der Waals surface area (Å²) in [7, 11) is 0. The van der Waals surface area contributed by atoms with Gasteiger partial charge < -0.3 is 5.73 Å². The Hall–Kier alpha value is -1.49. The molecule has 5 heteroatoms. The molecule has 0 aromatic carbocycles. The van der Waals surface area contributed by atoms with Gasteiger partial charge in [0.05, 0.1) is 0 Å². The molecule has 5 nitrogen and oxygen atoms in total. The predicted molar refractivity (Wildman–Crippen MR) is 55.3 cm³/mol. The molecule has 2 heterocycles. The zero-order valence-electron chi connectivity index (χ0n) is 8.37. The van der Waals surface area contributed by atoms with E-state index in [9.17, 15) is 0 Å². The number of nitrogens with zero attached hydrogens (tertiary/aromatic N) is 4. The van der Waals surface area contributed by atoms with Gasteiger partial charge >= 0.3 is 0 Å². The summed E-state index contributed by atoms with van der Waals surface area (Å²) in [5.74, 6) is 2.12. The van der Waals surface area contributed by atoms with E-state index in [0.29, 0.717) is 17.7 Å². The van der Waals surface area contributed by atoms with E-state index in [1.807, 2.05) is 16.7 Å². The molecular weight excluding hydrogens is 190 g/mol. The van der Waals surface area contributed by atoms with Gasteiger partial charge in [-0.3, -0.25) is 4.40 Å². The van der Waals surface area contributed by atoms with Crippen LogP contribution in [0.15, 0.2) is 18.5 Å². The van der Waals surface area contributed by atoms with Crippen LogP contribution in [0, 0.1) is 0 Å². The van der Waals surface area contributed by atoms with Crippen LogP contribution in [0.25, 0.3) is 5.78 Å². The molecule has 1 fully saturated rings. The number of nitrogens with two attached hydrogens (primary N) is 1. The number of fused-ring (bicyclic) bond motifs is 1. The molecule has 78 valence electrons. The molecule has 0 amide bonds. The Kier molecular flexibility index (Phi) is 1.92. The van der Waals surface area contributed by atoms with Crippen molar-refractivity contribution >= 4 is 5.78 Å². The minimum absolute atomic E-state index is 0.319. The van der Waals surface area contributed by atoms with E-state index < -0.39 is 0 Å². The van der Waals surface area contributed by atoms with Crippen molar-refractivity contribution in [2.75, 3.05) is 0 Å². The first-order valence-corrected chi connectivity index (χ1v) is 5.26. The summed E-state index contributed by atoms with van der Waals surface area (Å²) in [6.07, 6.45) is 6.89. The number of hydrogen-bond donors (Lipinski definition) is 1. The maximum Gasteiger partial charge on any atom is 0.254 e. The Morgan fingerprint density at radius 1 is 1.33 bits per heavy atom. The van der Waals surface area contributed by atoms with Crippen LogP contribution >= 0.6 is 0 Å². The van der Waals surface area contributed by atoms with Gasteiger partial charge in [-0.05, 0) is 25.3 Å². The maximum atomic E-state index is 5.90. The van der Waals surface area contributed by atoms with Crippen LogP contribution in [0.2, 0.25) is 0 Å². The smallest absolute Gasteiger partial charge is 0.254 e. The molecule has 2 unspecified atom stereocenters. The molecule has 3 rings (SSSR count). The van der Waals surface area contributed by atoms with E-state index in [1.54, 1.807) is 6.20 Å². The summed E-state index contributed by atoms with van der Waals surface area (Å²) in [4.78, 5) is 4.15. The minimum Gasteiger partial charge on any atom is -0.328 e. The summed E-state index contributed by atoms with van der Waals surface area (Å²) in [5.41, 5.74) is 5.90. The summed E-state index contributed by atoms with van der Waals surface area (Å²) in [6.45, 7) is 0. The Bertz CT molecular complexity index is 477. The number of hydrogen-bond acceptors (Lipinski definition) is 4. The van der Waals surface area contributed by atoms with E-state index in [0.717, 1.165) is 25.1 Å². The van der Waals surface area contributed by atoms with Crippen LogP contribution in [0.3, 0.4) is 0 Å². The summed E-state index contributed by atoms with van der Waals surface area (Å²) in [6, 6.07) is 2.22. The first kappa shape index (κ1) is 8.79. The summed E-state index contributed by atoms with van der Waals surface area (Å²) in [5, 5.41) is 8.26. The maximum absolute atomic E-state index is 5.90. The lowest BCUT2D eigenvalue weighted by Crippen LogP contribution is -2.14. The lowest BCUT2D eigenvalue weighted by atomic mass is 10.1. The summed E-state index contributed by atoms with van der Waals surface area (Å²) < 4.78 is 1.96. The fourth-order valence-electron chi connectivity index (χ4n) is 2.29. The van der Waals surface area contributed by atoms with E-state index in [4.69, 9.17) is 5.73 Å². The van der Waals surface area contributed by atoms with Crippen molar-refractivity contribution in [3.8, 4) is 0 Å². The highest BCUT2D eigenvalue weighted by molar-refractivity contribution is 5.27. The fraction of sp³-hybridized carbons (Fsp3) is 0.500. The number of rotatable bonds is 1. The molecule has 0 saturated heterocycles. The first-order chi connectivity index (χ1) is 7.34. The molecule has 1 aliphatic rings. The minimum atomic E-state index is 0.319. The van der Waals surface area contributed by atoms with Crippen molar-refractivity contribution in [3.63, 3.8) is 0 Å². The molecule has 2 aromatic heterocycles. The highest BCUT2D eigenvalue weighted by atomic mass is 15.3. The molecule has 0 radical (unpaired) electrons. The van der Waals surface area contributed by atoms with E-state index >= 15 is 0 Å². The molecule has 0 spiro atoms. The molecule has 0 aliphatic heterocycles. The van der Waals surface area contributed by atoms with Crippen LogP contribution < -0.4 is 5.73 Å². The Labute approximate surface area is 87.3 Å². The van der Waals surface area contributed by atoms with Crippen LogP contribution in [0.4, 0.5) is 0 Å². The average molecular weight is 203 g/mol. The Morgan fingerprint density at radius 2 is 2.27 bits per heavy atom. The highest BCUT2D eigenvalue weighted by Crippen LogP contribution is 2.32. The second-order valence-electron chi connectivity index (χ2n) is 4.12. The third-order valence-electron chi connectivity index (χ3n) is 3.05. The molecule has 0 bridgehead atoms. The van der Waals surface area contributed by atoms with Gasteiger partial charge in [-0.15, -0.1) is 10.2 Å². The second-order valence-corrected chi connectivity index (χ2v) is 4.12. The highest BCUT2D eigenvalue weighted by Gasteiger charge is 2.26. The Balaban J connectivity index is 2.04. The summed E-state index contributed by atoms with van der Waals surface area (Å²) >= 11 is 0. The molecule has 1 saturated carbocycles. The van der Waals surface area contributed by atoms with Gasteiger partial charge in [0, 0.05) is 24.4 Å². The number of aromatic nitrogens is 4. The van der Waals surface area contributed by atoms with Gasteiger partial charge in [0.25, 0.3) is 5.78 Å². The normalized spacial score (nSPS) is 26.2. The zero-order chi connectivity index (χ0) is 10.3. The fourth-order valence-corrected chi connectivity index (χ4v) is 2.29. The largest absolute Gasteiger partial charge is 0.328 e. The lowest BCUT2D eigenvalue weighted by Gasteiger charge is -2.06. The third kappa shape index (κ3) is 1.39. The van der Waals surface area contributed by atoms with Gasteiger partial charge in [-0.1, -0.05) is 0 Å². The van der Waals surface area contributed by atoms with Crippen LogP contribution in [0.5, 0.6) is 0 Å². The van der Waals surface area contributed by atoms with Gasteiger partial charge in [0.2, 0.25) is 0 Å². The molecular formula is C10H13N5. The first-order valence-electron chi connectivity index (χ1n) is 5.26. The average Bonchev–Trinajstić information content (AvgIpc) is 2.83. The standard InChI is InChI=1S/C10H13N5/c11-8-3-2-7(6-8)9-13-14-10-12-4-1-5-15(9)10/h1,4-5,7-8H,2-3,6,11H2. The quantitative estimate of drug-likeness (QED) is 0.741. The molecule has 1 aliphatic carbocycles. The Morgan fingerprint density at radius 3 is 3.07 bits per heavy atom. The third-order valence-corrected chi connectivity index (χ3v) is 3.05. The van der Waals surface area contributed by atoms with Crippen LogP contribution in [-0.4, -0.2) is 25.6 Å². The predicted octanol–water partition coefficient (Wildman–Crippen LogP) is 0.719. The monoisotopic (exact) mass is 203 g/mol. The SMILES string of the molecule is NC1CCC(c2nnc3ncccn23)C1. The van der Waals surface area contributed by atoms with E-state index in [-0.39, 0.29) is 0 Å². The van der Waals surface area contributed by atoms with Crippen molar-refractivity contribution in [2.45, 2.75) is 31.2 Å². The second kappa shape index (κ2) is 3.27. The van der Waals surface area contributed by atoms with Crippen molar-refractivity contribution < 1.29 is 0 Å². The van der Waals surface area contributed by atoms with Crippen LogP contribution in [-0.2, 0) is 0 Å². The molecule has 2 N–H and O–H groups in total. The van der Waals surface area contributed by atoms with Gasteiger partial charge in [0.15, 0.2) is 0 Å². The van der Waals surface area contributed by atoms with Gasteiger partial charge in [0.1, 0.15) is 5.82 Å². The van der Waals surface area contributed by atoms with Gasteiger partial charge in [-0.25, -0.2) is 4.98 Å². The van der Waals surface area contributed by atoms with Crippen molar-refractivity contribution in [2.24, 2.45) is 5.73 Å². The van der Waals surface area contributed by atoms with Crippen molar-refractivity contribution in [3.05, 3.63) is 24.3 Å². The topological polar surface area (TPSA) is 69.1 Å². The zero-order valence-corrected chi connectivity index (χ0v) is 8.37.